The van der Waals surface area contributed by atoms with Crippen molar-refractivity contribution in [3.8, 4) is 0 Å². The molecule has 1 N–H and O–H groups in total. The Hall–Kier alpha value is -2.38. The van der Waals surface area contributed by atoms with Crippen molar-refractivity contribution in [2.75, 3.05) is 7.11 Å². The topological polar surface area (TPSA) is 55.8 Å². The Kier molecular flexibility index (Phi) is 9.92. The molecule has 0 amide bonds. The summed E-state index contributed by atoms with van der Waals surface area (Å²) in [5, 5.41) is 10.1. The number of rotatable bonds is 11. The third-order valence-electron chi connectivity index (χ3n) is 5.23. The van der Waals surface area contributed by atoms with E-state index in [9.17, 15) is 23.1 Å². The molecule has 1 rings (SSSR count). The maximum absolute atomic E-state index is 14.2. The monoisotopic (exact) mass is 454 g/mol. The standard InChI is InChI=1S/C25H33F3O4/c1-7-23(5,30)17-11-12-19(4)21(16-15-18(2)3)32-22(29)24(31-6,25(26,27)28)20-13-9-8-10-14-20/h7-10,12-15,21,30H,1,11,16-17H2,2-6H3/b19-12+/t21-,23+,24-/m0/s1. The Morgan fingerprint density at radius 2 is 1.75 bits per heavy atom. The molecule has 0 saturated carbocycles. The summed E-state index contributed by atoms with van der Waals surface area (Å²) in [7, 11) is 0.840. The third-order valence-corrected chi connectivity index (χ3v) is 5.23. The number of methoxy groups -OCH3 is 1. The van der Waals surface area contributed by atoms with Gasteiger partial charge >= 0.3 is 12.1 Å². The molecule has 0 radical (unpaired) electrons. The maximum atomic E-state index is 14.2. The zero-order chi connectivity index (χ0) is 24.6. The normalized spacial score (nSPS) is 17.0. The van der Waals surface area contributed by atoms with Gasteiger partial charge in [-0.25, -0.2) is 4.79 Å². The Morgan fingerprint density at radius 3 is 2.22 bits per heavy atom. The Balaban J connectivity index is 3.29. The summed E-state index contributed by atoms with van der Waals surface area (Å²) >= 11 is 0. The van der Waals surface area contributed by atoms with E-state index in [1.165, 1.54) is 30.3 Å². The molecule has 0 unspecified atom stereocenters. The number of aliphatic hydroxyl groups is 1. The second-order valence-electron chi connectivity index (χ2n) is 8.21. The van der Waals surface area contributed by atoms with Crippen molar-refractivity contribution in [3.63, 3.8) is 0 Å². The first-order valence-corrected chi connectivity index (χ1v) is 10.3. The van der Waals surface area contributed by atoms with Crippen molar-refractivity contribution in [2.24, 2.45) is 0 Å². The van der Waals surface area contributed by atoms with E-state index in [1.807, 2.05) is 13.8 Å². The second kappa shape index (κ2) is 11.5. The molecule has 0 heterocycles. The zero-order valence-electron chi connectivity index (χ0n) is 19.3. The van der Waals surface area contributed by atoms with Crippen LogP contribution in [0.15, 0.2) is 66.3 Å². The molecule has 0 spiro atoms. The fourth-order valence-corrected chi connectivity index (χ4v) is 3.09. The van der Waals surface area contributed by atoms with Gasteiger partial charge in [-0.3, -0.25) is 0 Å². The number of benzene rings is 1. The predicted octanol–water partition coefficient (Wildman–Crippen LogP) is 6.02. The van der Waals surface area contributed by atoms with Crippen LogP contribution in [-0.4, -0.2) is 36.1 Å². The number of carbonyl (C=O) groups is 1. The number of hydrogen-bond acceptors (Lipinski definition) is 4. The molecule has 3 atom stereocenters. The van der Waals surface area contributed by atoms with Gasteiger partial charge in [0.25, 0.3) is 5.60 Å². The fourth-order valence-electron chi connectivity index (χ4n) is 3.09. The molecule has 7 heteroatoms. The van der Waals surface area contributed by atoms with E-state index in [0.29, 0.717) is 18.4 Å². The van der Waals surface area contributed by atoms with Crippen LogP contribution in [0.3, 0.4) is 0 Å². The molecule has 0 saturated heterocycles. The lowest BCUT2D eigenvalue weighted by Crippen LogP contribution is -2.52. The summed E-state index contributed by atoms with van der Waals surface area (Å²) in [4.78, 5) is 13.0. The lowest BCUT2D eigenvalue weighted by molar-refractivity contribution is -0.277. The maximum Gasteiger partial charge on any atom is 0.432 e. The van der Waals surface area contributed by atoms with Crippen LogP contribution in [-0.2, 0) is 19.9 Å². The van der Waals surface area contributed by atoms with Crippen molar-refractivity contribution in [1.29, 1.82) is 0 Å². The molecular formula is C25H33F3O4. The molecule has 0 fully saturated rings. The quantitative estimate of drug-likeness (QED) is 0.328. The molecule has 32 heavy (non-hydrogen) atoms. The fraction of sp³-hybridized carbons (Fsp3) is 0.480. The molecular weight excluding hydrogens is 421 g/mol. The summed E-state index contributed by atoms with van der Waals surface area (Å²) in [5.41, 5.74) is -3.16. The summed E-state index contributed by atoms with van der Waals surface area (Å²) in [5.74, 6) is -1.53. The molecule has 178 valence electrons. The van der Waals surface area contributed by atoms with Gasteiger partial charge in [-0.2, -0.15) is 13.2 Å². The van der Waals surface area contributed by atoms with Gasteiger partial charge < -0.3 is 14.6 Å². The first kappa shape index (κ1) is 27.7. The van der Waals surface area contributed by atoms with Gasteiger partial charge in [-0.05, 0) is 46.1 Å². The molecule has 1 aromatic rings. The molecule has 1 aromatic carbocycles. The van der Waals surface area contributed by atoms with Crippen molar-refractivity contribution >= 4 is 5.97 Å². The molecule has 4 nitrogen and oxygen atoms in total. The highest BCUT2D eigenvalue weighted by Gasteiger charge is 2.64. The summed E-state index contributed by atoms with van der Waals surface area (Å²) in [6.45, 7) is 10.6. The zero-order valence-corrected chi connectivity index (χ0v) is 19.3. The summed E-state index contributed by atoms with van der Waals surface area (Å²) in [6.07, 6.45) is 0.00733. The largest absolute Gasteiger partial charge is 0.455 e. The van der Waals surface area contributed by atoms with Crippen molar-refractivity contribution in [3.05, 3.63) is 71.8 Å². The lowest BCUT2D eigenvalue weighted by Gasteiger charge is -2.34. The second-order valence-corrected chi connectivity index (χ2v) is 8.21. The molecule has 0 aliphatic carbocycles. The van der Waals surface area contributed by atoms with Crippen LogP contribution in [0.5, 0.6) is 0 Å². The van der Waals surface area contributed by atoms with Crippen LogP contribution in [0.4, 0.5) is 13.2 Å². The summed E-state index contributed by atoms with van der Waals surface area (Å²) in [6, 6.07) is 6.72. The average molecular weight is 455 g/mol. The van der Waals surface area contributed by atoms with E-state index >= 15 is 0 Å². The average Bonchev–Trinajstić information content (AvgIpc) is 2.71. The molecule has 0 aromatic heterocycles. The lowest BCUT2D eigenvalue weighted by atomic mass is 9.92. The van der Waals surface area contributed by atoms with Gasteiger partial charge in [0, 0.05) is 19.1 Å². The van der Waals surface area contributed by atoms with Crippen molar-refractivity contribution in [1.82, 2.24) is 0 Å². The SMILES string of the molecule is C=C[C@@](C)(O)CC/C=C(\C)[C@H](CC=C(C)C)OC(=O)[C@@](OC)(c1ccccc1)C(F)(F)F. The van der Waals surface area contributed by atoms with E-state index in [1.54, 1.807) is 32.1 Å². The van der Waals surface area contributed by atoms with Gasteiger partial charge in [0.2, 0.25) is 0 Å². The third kappa shape index (κ3) is 7.07. The number of halogens is 3. The van der Waals surface area contributed by atoms with Crippen LogP contribution in [0.1, 0.15) is 52.5 Å². The number of alkyl halides is 3. The Bertz CT molecular complexity index is 821. The number of allylic oxidation sites excluding steroid dienone is 2. The van der Waals surface area contributed by atoms with Crippen LogP contribution in [0.25, 0.3) is 0 Å². The minimum absolute atomic E-state index is 0.209. The highest BCUT2D eigenvalue weighted by Crippen LogP contribution is 2.43. The first-order chi connectivity index (χ1) is 14.8. The van der Waals surface area contributed by atoms with E-state index in [0.717, 1.165) is 12.7 Å². The minimum Gasteiger partial charge on any atom is -0.455 e. The predicted molar refractivity (Wildman–Crippen MR) is 119 cm³/mol. The highest BCUT2D eigenvalue weighted by atomic mass is 19.4. The van der Waals surface area contributed by atoms with Gasteiger partial charge in [-0.15, -0.1) is 6.58 Å². The van der Waals surface area contributed by atoms with Crippen LogP contribution in [0.2, 0.25) is 0 Å². The molecule has 0 bridgehead atoms. The number of ether oxygens (including phenoxy) is 2. The van der Waals surface area contributed by atoms with Crippen LogP contribution >= 0.6 is 0 Å². The van der Waals surface area contributed by atoms with Crippen LogP contribution < -0.4 is 0 Å². The van der Waals surface area contributed by atoms with E-state index in [2.05, 4.69) is 6.58 Å². The Labute approximate surface area is 188 Å². The Morgan fingerprint density at radius 1 is 1.16 bits per heavy atom. The minimum atomic E-state index is -5.04. The first-order valence-electron chi connectivity index (χ1n) is 10.3. The van der Waals surface area contributed by atoms with Crippen LogP contribution in [0, 0.1) is 0 Å². The van der Waals surface area contributed by atoms with E-state index in [-0.39, 0.29) is 12.0 Å². The van der Waals surface area contributed by atoms with Gasteiger partial charge in [0.05, 0.1) is 5.60 Å². The number of carbonyl (C=O) groups excluding carboxylic acids is 1. The number of esters is 1. The van der Waals surface area contributed by atoms with Gasteiger partial charge in [0.1, 0.15) is 6.10 Å². The summed E-state index contributed by atoms with van der Waals surface area (Å²) < 4.78 is 52.7. The van der Waals surface area contributed by atoms with E-state index < -0.39 is 29.5 Å². The van der Waals surface area contributed by atoms with Gasteiger partial charge in [0.15, 0.2) is 0 Å². The number of hydrogen-bond donors (Lipinski definition) is 1. The van der Waals surface area contributed by atoms with Crippen molar-refractivity contribution in [2.45, 2.75) is 70.4 Å². The highest BCUT2D eigenvalue weighted by molar-refractivity contribution is 5.83. The molecule has 0 aliphatic heterocycles. The smallest absolute Gasteiger partial charge is 0.432 e. The van der Waals surface area contributed by atoms with E-state index in [4.69, 9.17) is 9.47 Å². The van der Waals surface area contributed by atoms with Crippen molar-refractivity contribution < 1.29 is 32.5 Å². The van der Waals surface area contributed by atoms with Gasteiger partial charge in [-0.1, -0.05) is 54.1 Å². The molecule has 0 aliphatic rings.